The molecule has 0 saturated heterocycles. The number of hydrogen-bond acceptors (Lipinski definition) is 3. The molecule has 1 atom stereocenters. The molecule has 2 rings (SSSR count). The lowest BCUT2D eigenvalue weighted by Crippen LogP contribution is -2.41. The van der Waals surface area contributed by atoms with E-state index in [1.807, 2.05) is 49.9 Å². The zero-order chi connectivity index (χ0) is 18.4. The average molecular weight is 377 g/mol. The number of halogens is 1. The molecular formula is C21H29ClN2O2. The lowest BCUT2D eigenvalue weighted by molar-refractivity contribution is -0.137. The summed E-state index contributed by atoms with van der Waals surface area (Å²) in [6.07, 6.45) is 0. The number of ether oxygens (including phenoxy) is 1. The minimum absolute atomic E-state index is 0. The molecule has 2 aromatic rings. The van der Waals surface area contributed by atoms with Crippen molar-refractivity contribution < 1.29 is 9.53 Å². The standard InChI is InChI=1S/C21H28N2O2.ClH/c1-15(2)23(21(24)16(3)13-22)14-17-9-11-18(12-10-17)19-7-5-6-8-20(19)25-4;/h5-12,15-16H,13-14,22H2,1-4H3;1H. The first-order valence-corrected chi connectivity index (χ1v) is 8.70. The third kappa shape index (κ3) is 5.23. The Morgan fingerprint density at radius 2 is 1.69 bits per heavy atom. The second kappa shape index (κ2) is 10.2. The van der Waals surface area contributed by atoms with E-state index >= 15 is 0 Å². The van der Waals surface area contributed by atoms with Gasteiger partial charge in [-0.25, -0.2) is 0 Å². The third-order valence-corrected chi connectivity index (χ3v) is 4.41. The van der Waals surface area contributed by atoms with E-state index in [2.05, 4.69) is 24.3 Å². The van der Waals surface area contributed by atoms with E-state index in [1.54, 1.807) is 7.11 Å². The Morgan fingerprint density at radius 1 is 1.08 bits per heavy atom. The summed E-state index contributed by atoms with van der Waals surface area (Å²) in [5.41, 5.74) is 8.91. The molecule has 26 heavy (non-hydrogen) atoms. The zero-order valence-corrected chi connectivity index (χ0v) is 16.8. The summed E-state index contributed by atoms with van der Waals surface area (Å²) in [5, 5.41) is 0. The first-order valence-electron chi connectivity index (χ1n) is 8.70. The molecule has 0 saturated carbocycles. The van der Waals surface area contributed by atoms with Crippen molar-refractivity contribution in [2.45, 2.75) is 33.4 Å². The van der Waals surface area contributed by atoms with E-state index < -0.39 is 0 Å². The van der Waals surface area contributed by atoms with E-state index in [-0.39, 0.29) is 30.3 Å². The minimum Gasteiger partial charge on any atom is -0.496 e. The maximum absolute atomic E-state index is 12.5. The van der Waals surface area contributed by atoms with Crippen LogP contribution in [0.2, 0.25) is 0 Å². The van der Waals surface area contributed by atoms with E-state index in [0.29, 0.717) is 13.1 Å². The van der Waals surface area contributed by atoms with Crippen LogP contribution in [0.15, 0.2) is 48.5 Å². The van der Waals surface area contributed by atoms with Gasteiger partial charge in [0.25, 0.3) is 0 Å². The van der Waals surface area contributed by atoms with Gasteiger partial charge in [-0.1, -0.05) is 49.4 Å². The fourth-order valence-corrected chi connectivity index (χ4v) is 2.77. The van der Waals surface area contributed by atoms with Crippen molar-refractivity contribution >= 4 is 18.3 Å². The Balaban J connectivity index is 0.00000338. The molecule has 142 valence electrons. The number of benzene rings is 2. The molecule has 5 heteroatoms. The Labute approximate surface area is 162 Å². The summed E-state index contributed by atoms with van der Waals surface area (Å²) in [5.74, 6) is 0.799. The van der Waals surface area contributed by atoms with Gasteiger partial charge >= 0.3 is 0 Å². The smallest absolute Gasteiger partial charge is 0.227 e. The lowest BCUT2D eigenvalue weighted by Gasteiger charge is -2.29. The molecule has 2 aromatic carbocycles. The molecule has 0 heterocycles. The monoisotopic (exact) mass is 376 g/mol. The molecule has 0 fully saturated rings. The molecule has 0 aliphatic carbocycles. The number of para-hydroxylation sites is 1. The number of nitrogens with zero attached hydrogens (tertiary/aromatic N) is 1. The van der Waals surface area contributed by atoms with Crippen LogP contribution < -0.4 is 10.5 Å². The van der Waals surface area contributed by atoms with Crippen LogP contribution in [0.1, 0.15) is 26.3 Å². The molecule has 0 bridgehead atoms. The molecule has 1 amide bonds. The van der Waals surface area contributed by atoms with Crippen LogP contribution in [0, 0.1) is 5.92 Å². The van der Waals surface area contributed by atoms with E-state index in [0.717, 1.165) is 22.4 Å². The van der Waals surface area contributed by atoms with Crippen molar-refractivity contribution in [2.75, 3.05) is 13.7 Å². The lowest BCUT2D eigenvalue weighted by atomic mass is 10.0. The van der Waals surface area contributed by atoms with Crippen molar-refractivity contribution in [2.24, 2.45) is 11.7 Å². The van der Waals surface area contributed by atoms with Gasteiger partial charge in [0.1, 0.15) is 5.75 Å². The van der Waals surface area contributed by atoms with E-state index in [9.17, 15) is 4.79 Å². The van der Waals surface area contributed by atoms with Gasteiger partial charge in [-0.15, -0.1) is 12.4 Å². The number of methoxy groups -OCH3 is 1. The van der Waals surface area contributed by atoms with E-state index in [4.69, 9.17) is 10.5 Å². The summed E-state index contributed by atoms with van der Waals surface area (Å²) >= 11 is 0. The van der Waals surface area contributed by atoms with Gasteiger partial charge < -0.3 is 15.4 Å². The van der Waals surface area contributed by atoms with Crippen LogP contribution >= 0.6 is 12.4 Å². The molecule has 1 unspecified atom stereocenters. The van der Waals surface area contributed by atoms with Crippen LogP contribution in [0.5, 0.6) is 5.75 Å². The van der Waals surface area contributed by atoms with Gasteiger partial charge in [0, 0.05) is 30.6 Å². The molecule has 0 spiro atoms. The van der Waals surface area contributed by atoms with E-state index in [1.165, 1.54) is 0 Å². The minimum atomic E-state index is -0.157. The highest BCUT2D eigenvalue weighted by Gasteiger charge is 2.22. The van der Waals surface area contributed by atoms with Crippen molar-refractivity contribution in [3.05, 3.63) is 54.1 Å². The largest absolute Gasteiger partial charge is 0.496 e. The van der Waals surface area contributed by atoms with Gasteiger partial charge in [0.2, 0.25) is 5.91 Å². The van der Waals surface area contributed by atoms with Gasteiger partial charge in [-0.3, -0.25) is 4.79 Å². The molecule has 0 aromatic heterocycles. The van der Waals surface area contributed by atoms with Crippen molar-refractivity contribution in [3.63, 3.8) is 0 Å². The van der Waals surface area contributed by atoms with Crippen LogP contribution in [0.3, 0.4) is 0 Å². The number of hydrogen-bond donors (Lipinski definition) is 1. The van der Waals surface area contributed by atoms with Gasteiger partial charge in [0.15, 0.2) is 0 Å². The predicted octanol–water partition coefficient (Wildman–Crippen LogP) is 4.12. The van der Waals surface area contributed by atoms with Crippen LogP contribution in [0.4, 0.5) is 0 Å². The Bertz CT molecular complexity index is 701. The predicted molar refractivity (Wildman–Crippen MR) is 110 cm³/mol. The summed E-state index contributed by atoms with van der Waals surface area (Å²) in [4.78, 5) is 14.4. The molecule has 0 radical (unpaired) electrons. The highest BCUT2D eigenvalue weighted by Crippen LogP contribution is 2.29. The van der Waals surface area contributed by atoms with Crippen LogP contribution in [-0.2, 0) is 11.3 Å². The number of carbonyl (C=O) groups is 1. The quantitative estimate of drug-likeness (QED) is 0.790. The van der Waals surface area contributed by atoms with Gasteiger partial charge in [0.05, 0.1) is 7.11 Å². The topological polar surface area (TPSA) is 55.6 Å². The molecule has 4 nitrogen and oxygen atoms in total. The molecule has 2 N–H and O–H groups in total. The highest BCUT2D eigenvalue weighted by molar-refractivity contribution is 5.85. The Hall–Kier alpha value is -2.04. The molecular weight excluding hydrogens is 348 g/mol. The van der Waals surface area contributed by atoms with Crippen LogP contribution in [0.25, 0.3) is 11.1 Å². The van der Waals surface area contributed by atoms with Crippen molar-refractivity contribution in [1.29, 1.82) is 0 Å². The maximum atomic E-state index is 12.5. The SMILES string of the molecule is COc1ccccc1-c1ccc(CN(C(=O)C(C)CN)C(C)C)cc1.Cl. The summed E-state index contributed by atoms with van der Waals surface area (Å²) in [7, 11) is 1.68. The van der Waals surface area contributed by atoms with Crippen molar-refractivity contribution in [3.8, 4) is 16.9 Å². The third-order valence-electron chi connectivity index (χ3n) is 4.41. The number of carbonyl (C=O) groups excluding carboxylic acids is 1. The second-order valence-corrected chi connectivity index (χ2v) is 6.59. The first-order chi connectivity index (χ1) is 12.0. The fourth-order valence-electron chi connectivity index (χ4n) is 2.77. The Morgan fingerprint density at radius 3 is 2.23 bits per heavy atom. The maximum Gasteiger partial charge on any atom is 0.227 e. The summed E-state index contributed by atoms with van der Waals surface area (Å²) in [6, 6.07) is 16.4. The second-order valence-electron chi connectivity index (χ2n) is 6.59. The number of rotatable bonds is 7. The van der Waals surface area contributed by atoms with Gasteiger partial charge in [-0.2, -0.15) is 0 Å². The first kappa shape index (κ1) is 22.0. The highest BCUT2D eigenvalue weighted by atomic mass is 35.5. The summed E-state index contributed by atoms with van der Waals surface area (Å²) in [6.45, 7) is 6.90. The fraction of sp³-hybridized carbons (Fsp3) is 0.381. The Kier molecular flexibility index (Phi) is 8.62. The number of nitrogens with two attached hydrogens (primary N) is 1. The zero-order valence-electron chi connectivity index (χ0n) is 15.9. The molecule has 0 aliphatic heterocycles. The average Bonchev–Trinajstić information content (AvgIpc) is 2.65. The normalized spacial score (nSPS) is 11.6. The van der Waals surface area contributed by atoms with Gasteiger partial charge in [-0.05, 0) is 31.0 Å². The summed E-state index contributed by atoms with van der Waals surface area (Å²) < 4.78 is 5.43. The molecule has 0 aliphatic rings. The van der Waals surface area contributed by atoms with Crippen molar-refractivity contribution in [1.82, 2.24) is 4.90 Å². The number of amides is 1. The van der Waals surface area contributed by atoms with Crippen LogP contribution in [-0.4, -0.2) is 30.5 Å².